The first-order valence-electron chi connectivity index (χ1n) is 6.53. The quantitative estimate of drug-likeness (QED) is 0.409. The number of hydrogen-bond acceptors (Lipinski definition) is 2. The van der Waals surface area contributed by atoms with Gasteiger partial charge >= 0.3 is 29.6 Å². The third kappa shape index (κ3) is 19.6. The molecule has 26 heavy (non-hydrogen) atoms. The van der Waals surface area contributed by atoms with E-state index < -0.39 is 0 Å². The summed E-state index contributed by atoms with van der Waals surface area (Å²) < 4.78 is 1.14. The van der Waals surface area contributed by atoms with Crippen LogP contribution in [0.2, 0.25) is 0 Å². The second-order valence-electron chi connectivity index (χ2n) is 4.46. The van der Waals surface area contributed by atoms with E-state index in [1.54, 1.807) is 0 Å². The Morgan fingerprint density at radius 1 is 0.923 bits per heavy atom. The monoisotopic (exact) mass is 588 g/mol. The molecule has 0 unspecified atom stereocenters. The van der Waals surface area contributed by atoms with E-state index in [0.29, 0.717) is 7.98 Å². The number of hydrogen-bond donors (Lipinski definition) is 1. The van der Waals surface area contributed by atoms with Crippen LogP contribution < -0.4 is 44.5 Å². The fourth-order valence-electron chi connectivity index (χ4n) is 1.45. The largest absolute Gasteiger partial charge is 1.00 e. The summed E-state index contributed by atoms with van der Waals surface area (Å²) in [5.74, 6) is 0. The van der Waals surface area contributed by atoms with E-state index in [1.165, 1.54) is 11.4 Å². The van der Waals surface area contributed by atoms with Gasteiger partial charge in [-0.2, -0.15) is 0 Å². The van der Waals surface area contributed by atoms with Crippen LogP contribution in [0.5, 0.6) is 0 Å². The maximum absolute atomic E-state index is 4.00. The van der Waals surface area contributed by atoms with E-state index >= 15 is 0 Å². The molecule has 0 atom stereocenters. The Morgan fingerprint density at radius 3 is 1.42 bits per heavy atom. The Kier molecular flexibility index (Phi) is 34.4. The number of anilines is 1. The molecule has 0 bridgehead atoms. The third-order valence-corrected chi connectivity index (χ3v) is 2.55. The van der Waals surface area contributed by atoms with Crippen molar-refractivity contribution in [3.05, 3.63) is 60.7 Å². The molecule has 0 aliphatic rings. The second-order valence-corrected chi connectivity index (χ2v) is 4.46. The van der Waals surface area contributed by atoms with Gasteiger partial charge in [0.1, 0.15) is 0 Å². The number of nitrogens with two attached hydrogens (primary N) is 1. The molecule has 3 nitrogen and oxygen atoms in total. The fourth-order valence-corrected chi connectivity index (χ4v) is 1.45. The number of quaternary nitrogens is 1. The zero-order chi connectivity index (χ0) is 18.3. The molecule has 0 heterocycles. The average molecular weight is 588 g/mol. The van der Waals surface area contributed by atoms with Crippen LogP contribution in [0.1, 0.15) is 8.85 Å². The molecule has 2 aromatic carbocycles. The zero-order valence-electron chi connectivity index (χ0n) is 16.2. The molecule has 2 rings (SSSR count). The minimum atomic E-state index is 0. The molecule has 2 N–H and O–H groups in total. The van der Waals surface area contributed by atoms with Crippen molar-refractivity contribution in [2.75, 3.05) is 33.1 Å². The van der Waals surface area contributed by atoms with Crippen molar-refractivity contribution in [3.8, 4) is 0 Å². The molecule has 0 saturated heterocycles. The van der Waals surface area contributed by atoms with Gasteiger partial charge in [0.15, 0.2) is 16.0 Å². The molecule has 0 fully saturated rings. The smallest absolute Gasteiger partial charge is 1.00 e. The Balaban J connectivity index is -0.0000000613. The summed E-state index contributed by atoms with van der Waals surface area (Å²) in [7, 11) is 13.0. The van der Waals surface area contributed by atoms with Gasteiger partial charge in [-0.15, -0.1) is 0 Å². The van der Waals surface area contributed by atoms with E-state index in [-0.39, 0.29) is 46.8 Å². The van der Waals surface area contributed by atoms with E-state index in [4.69, 9.17) is 0 Å². The van der Waals surface area contributed by atoms with Crippen molar-refractivity contribution in [2.24, 2.45) is 5.64 Å². The number of benzene rings is 2. The van der Waals surface area contributed by atoms with Gasteiger partial charge < -0.3 is 16.4 Å². The van der Waals surface area contributed by atoms with Crippen molar-refractivity contribution < 1.29 is 31.0 Å². The first-order valence-corrected chi connectivity index (χ1v) is 12.8. The van der Waals surface area contributed by atoms with Gasteiger partial charge in [0.2, 0.25) is 0 Å². The zero-order valence-corrected chi connectivity index (χ0v) is 21.5. The van der Waals surface area contributed by atoms with Gasteiger partial charge in [-0.1, -0.05) is 43.8 Å². The topological polar surface area (TPSA) is 29.3 Å². The molecule has 0 saturated carbocycles. The SMILES string of the molecule is C.CN(C)c1ccccc1.II.[BH3-][N+](C)(C)c1ccccc1.[B].[B]N.[H-].[Na+]. The van der Waals surface area contributed by atoms with Gasteiger partial charge in [-0.3, -0.25) is 0 Å². The Hall–Kier alpha value is 0.815. The fraction of sp³-hybridized carbons (Fsp3) is 0.294. The second kappa shape index (κ2) is 23.9. The molecule has 2 aromatic rings. The van der Waals surface area contributed by atoms with Crippen molar-refractivity contribution >= 4 is 73.0 Å². The number of nitrogens with zero attached hydrogens (tertiary/aromatic N) is 2. The molecule has 0 aliphatic heterocycles. The van der Waals surface area contributed by atoms with Crippen LogP contribution in [0.15, 0.2) is 60.7 Å². The Morgan fingerprint density at radius 2 is 1.23 bits per heavy atom. The maximum atomic E-state index is 4.00. The first kappa shape index (κ1) is 37.5. The molecule has 0 aromatic heterocycles. The normalized spacial score (nSPS) is 8.00. The minimum Gasteiger partial charge on any atom is -1.00 e. The molecule has 0 aliphatic carbocycles. The van der Waals surface area contributed by atoms with Crippen LogP contribution in [0.25, 0.3) is 0 Å². The van der Waals surface area contributed by atoms with E-state index in [9.17, 15) is 0 Å². The number of para-hydroxylation sites is 2. The Labute approximate surface area is 213 Å². The van der Waals surface area contributed by atoms with Crippen LogP contribution in [0.4, 0.5) is 11.4 Å². The van der Waals surface area contributed by atoms with Crippen molar-refractivity contribution in [1.82, 2.24) is 4.39 Å². The van der Waals surface area contributed by atoms with Crippen LogP contribution in [-0.2, 0) is 0 Å². The van der Waals surface area contributed by atoms with Crippen molar-refractivity contribution in [3.63, 3.8) is 0 Å². The van der Waals surface area contributed by atoms with E-state index in [2.05, 4.69) is 112 Å². The van der Waals surface area contributed by atoms with Gasteiger partial charge in [0, 0.05) is 79.5 Å². The Bertz CT molecular complexity index is 494. The van der Waals surface area contributed by atoms with Gasteiger partial charge in [0.25, 0.3) is 0 Å². The predicted octanol–water partition coefficient (Wildman–Crippen LogP) is 0.458. The average Bonchev–Trinajstić information content (AvgIpc) is 2.60. The molecular weight excluding hydrogens is 555 g/mol. The molecular formula is C17H32B3I2N3Na. The maximum Gasteiger partial charge on any atom is 1.00 e. The molecule has 9 heteroatoms. The van der Waals surface area contributed by atoms with Crippen LogP contribution >= 0.6 is 37.2 Å². The first-order chi connectivity index (χ1) is 10.9. The standard InChI is InChI=1S/C8H14BN.C8H11N.CH4.BH2N.B.I2.Na.H/c1-10(2,9)8-6-4-3-5-7-8;1-9(2)8-6-4-3-5-7-8;;1-2;;1-2;;/h3-7H,1-2,9H3;3-7H,1-2H3;1H4;2H2;;;;/q;;;;;;+1;-1. The van der Waals surface area contributed by atoms with Crippen molar-refractivity contribution in [2.45, 2.75) is 7.43 Å². The summed E-state index contributed by atoms with van der Waals surface area (Å²) in [4.78, 5) is 2.08. The van der Waals surface area contributed by atoms with Gasteiger partial charge in [-0.25, -0.2) is 0 Å². The number of rotatable bonds is 2. The summed E-state index contributed by atoms with van der Waals surface area (Å²) in [6.45, 7) is 0. The van der Waals surface area contributed by atoms with Gasteiger partial charge in [-0.05, 0) is 24.3 Å². The summed E-state index contributed by atoms with van der Waals surface area (Å²) in [5, 5.41) is 0. The molecule has 0 spiro atoms. The van der Waals surface area contributed by atoms with Gasteiger partial charge in [0.05, 0.1) is 5.69 Å². The van der Waals surface area contributed by atoms with Crippen LogP contribution in [0, 0.1) is 0 Å². The van der Waals surface area contributed by atoms with E-state index in [1.807, 2.05) is 32.3 Å². The summed E-state index contributed by atoms with van der Waals surface area (Å²) in [6, 6.07) is 20.9. The third-order valence-electron chi connectivity index (χ3n) is 2.55. The van der Waals surface area contributed by atoms with E-state index in [0.717, 1.165) is 4.39 Å². The summed E-state index contributed by atoms with van der Waals surface area (Å²) in [6.07, 6.45) is 0. The molecule has 5 radical (unpaired) electrons. The van der Waals surface area contributed by atoms with Crippen LogP contribution in [-0.4, -0.2) is 52.6 Å². The van der Waals surface area contributed by atoms with Crippen molar-refractivity contribution in [1.29, 1.82) is 0 Å². The van der Waals surface area contributed by atoms with Crippen LogP contribution in [0.3, 0.4) is 0 Å². The molecule has 139 valence electrons. The number of halogens is 2. The summed E-state index contributed by atoms with van der Waals surface area (Å²) in [5.41, 5.74) is 6.69. The minimum absolute atomic E-state index is 0. The molecule has 0 amide bonds. The predicted molar refractivity (Wildman–Crippen MR) is 142 cm³/mol. The summed E-state index contributed by atoms with van der Waals surface area (Å²) >= 11 is 4.24.